The van der Waals surface area contributed by atoms with Crippen molar-refractivity contribution in [3.8, 4) is 0 Å². The maximum atomic E-state index is 12.3. The summed E-state index contributed by atoms with van der Waals surface area (Å²) in [5.41, 5.74) is 7.13. The number of hydrogen-bond donors (Lipinski definition) is 2. The van der Waals surface area contributed by atoms with Crippen molar-refractivity contribution in [2.45, 2.75) is 25.8 Å². The van der Waals surface area contributed by atoms with Crippen molar-refractivity contribution in [3.63, 3.8) is 0 Å². The second kappa shape index (κ2) is 7.20. The molecule has 0 atom stereocenters. The average molecular weight is 326 g/mol. The third-order valence-corrected chi connectivity index (χ3v) is 4.11. The zero-order valence-corrected chi connectivity index (χ0v) is 13.6. The molecule has 3 N–H and O–H groups in total. The standard InChI is InChI=1S/C15H20ClN3OS/c1-10-2-3-12(13(16)8-10)15(20)18-11-4-6-19(7-5-11)9-14(17)21/h2-3,8,11H,4-7,9H2,1H3,(H2,17,21)(H,18,20). The number of carbonyl (C=O) groups is 1. The van der Waals surface area contributed by atoms with Crippen LogP contribution >= 0.6 is 23.8 Å². The Morgan fingerprint density at radius 3 is 2.71 bits per heavy atom. The molecule has 1 saturated heterocycles. The third-order valence-electron chi connectivity index (χ3n) is 3.67. The fraction of sp³-hybridized carbons (Fsp3) is 0.467. The smallest absolute Gasteiger partial charge is 0.253 e. The molecule has 1 aromatic carbocycles. The van der Waals surface area contributed by atoms with Gasteiger partial charge in [-0.05, 0) is 37.5 Å². The fourth-order valence-corrected chi connectivity index (χ4v) is 3.03. The largest absolute Gasteiger partial charge is 0.392 e. The molecule has 21 heavy (non-hydrogen) atoms. The van der Waals surface area contributed by atoms with Crippen LogP contribution in [0.15, 0.2) is 18.2 Å². The van der Waals surface area contributed by atoms with Crippen molar-refractivity contribution in [2.24, 2.45) is 5.73 Å². The molecule has 1 aromatic rings. The molecule has 6 heteroatoms. The molecule has 0 aliphatic carbocycles. The maximum Gasteiger partial charge on any atom is 0.253 e. The van der Waals surface area contributed by atoms with Crippen LogP contribution in [0.2, 0.25) is 5.02 Å². The number of carbonyl (C=O) groups excluding carboxylic acids is 1. The highest BCUT2D eigenvalue weighted by molar-refractivity contribution is 7.80. The number of halogens is 1. The highest BCUT2D eigenvalue weighted by Crippen LogP contribution is 2.18. The zero-order chi connectivity index (χ0) is 15.4. The summed E-state index contributed by atoms with van der Waals surface area (Å²) >= 11 is 11.0. The van der Waals surface area contributed by atoms with E-state index < -0.39 is 0 Å². The normalized spacial score (nSPS) is 16.7. The van der Waals surface area contributed by atoms with Gasteiger partial charge in [-0.15, -0.1) is 0 Å². The molecule has 0 bridgehead atoms. The molecule has 4 nitrogen and oxygen atoms in total. The van der Waals surface area contributed by atoms with Crippen LogP contribution in [0.4, 0.5) is 0 Å². The van der Waals surface area contributed by atoms with Gasteiger partial charge in [0, 0.05) is 25.7 Å². The number of nitrogens with two attached hydrogens (primary N) is 1. The Hall–Kier alpha value is -1.17. The van der Waals surface area contributed by atoms with Gasteiger partial charge in [-0.1, -0.05) is 29.9 Å². The molecule has 0 unspecified atom stereocenters. The Balaban J connectivity index is 1.88. The Labute approximate surface area is 135 Å². The lowest BCUT2D eigenvalue weighted by molar-refractivity contribution is 0.0915. The summed E-state index contributed by atoms with van der Waals surface area (Å²) in [5, 5.41) is 3.55. The van der Waals surface area contributed by atoms with E-state index >= 15 is 0 Å². The van der Waals surface area contributed by atoms with Crippen LogP contribution in [-0.2, 0) is 0 Å². The Bertz CT molecular complexity index is 542. The number of nitrogens with one attached hydrogen (secondary N) is 1. The average Bonchev–Trinajstić information content (AvgIpc) is 2.40. The van der Waals surface area contributed by atoms with E-state index in [1.165, 1.54) is 0 Å². The van der Waals surface area contributed by atoms with Crippen LogP contribution in [0.3, 0.4) is 0 Å². The van der Waals surface area contributed by atoms with Crippen molar-refractivity contribution in [2.75, 3.05) is 19.6 Å². The molecule has 1 aliphatic rings. The number of hydrogen-bond acceptors (Lipinski definition) is 3. The predicted octanol–water partition coefficient (Wildman–Crippen LogP) is 2.13. The van der Waals surface area contributed by atoms with Crippen molar-refractivity contribution in [1.29, 1.82) is 0 Å². The summed E-state index contributed by atoms with van der Waals surface area (Å²) in [7, 11) is 0. The minimum Gasteiger partial charge on any atom is -0.392 e. The quantitative estimate of drug-likeness (QED) is 0.833. The van der Waals surface area contributed by atoms with Crippen LogP contribution in [0.1, 0.15) is 28.8 Å². The van der Waals surface area contributed by atoms with Gasteiger partial charge < -0.3 is 11.1 Å². The van der Waals surface area contributed by atoms with Gasteiger partial charge in [-0.25, -0.2) is 0 Å². The zero-order valence-electron chi connectivity index (χ0n) is 12.1. The van der Waals surface area contributed by atoms with Gasteiger partial charge in [0.1, 0.15) is 0 Å². The molecule has 1 aliphatic heterocycles. The Kier molecular flexibility index (Phi) is 5.56. The molecular formula is C15H20ClN3OS. The van der Waals surface area contributed by atoms with Gasteiger partial charge in [0.15, 0.2) is 0 Å². The highest BCUT2D eigenvalue weighted by atomic mass is 35.5. The topological polar surface area (TPSA) is 58.4 Å². The molecule has 0 aromatic heterocycles. The second-order valence-corrected chi connectivity index (χ2v) is 6.41. The lowest BCUT2D eigenvalue weighted by atomic mass is 10.0. The first-order valence-electron chi connectivity index (χ1n) is 7.03. The van der Waals surface area contributed by atoms with E-state index in [4.69, 9.17) is 29.6 Å². The van der Waals surface area contributed by atoms with Crippen molar-refractivity contribution in [1.82, 2.24) is 10.2 Å². The summed E-state index contributed by atoms with van der Waals surface area (Å²) in [5.74, 6) is -0.104. The van der Waals surface area contributed by atoms with Crippen LogP contribution in [0.5, 0.6) is 0 Å². The van der Waals surface area contributed by atoms with Crippen LogP contribution in [0, 0.1) is 6.92 Å². The lowest BCUT2D eigenvalue weighted by Gasteiger charge is -2.32. The van der Waals surface area contributed by atoms with Gasteiger partial charge in [-0.2, -0.15) is 0 Å². The van der Waals surface area contributed by atoms with Gasteiger partial charge in [0.2, 0.25) is 0 Å². The fourth-order valence-electron chi connectivity index (χ4n) is 2.52. The Morgan fingerprint density at radius 2 is 2.14 bits per heavy atom. The number of piperidine rings is 1. The van der Waals surface area contributed by atoms with E-state index in [1.54, 1.807) is 12.1 Å². The monoisotopic (exact) mass is 325 g/mol. The number of nitrogens with zero attached hydrogens (tertiary/aromatic N) is 1. The molecular weight excluding hydrogens is 306 g/mol. The molecule has 1 heterocycles. The molecule has 1 amide bonds. The minimum absolute atomic E-state index is 0.104. The van der Waals surface area contributed by atoms with Crippen LogP contribution in [0.25, 0.3) is 0 Å². The number of rotatable bonds is 4. The molecule has 114 valence electrons. The van der Waals surface area contributed by atoms with Crippen LogP contribution in [-0.4, -0.2) is 41.5 Å². The van der Waals surface area contributed by atoms with E-state index in [9.17, 15) is 4.79 Å². The van der Waals surface area contributed by atoms with Crippen molar-refractivity contribution < 1.29 is 4.79 Å². The molecule has 0 radical (unpaired) electrons. The second-order valence-electron chi connectivity index (χ2n) is 5.47. The molecule has 2 rings (SSSR count). The number of thiocarbonyl (C=S) groups is 1. The van der Waals surface area contributed by atoms with Crippen molar-refractivity contribution >= 4 is 34.7 Å². The van der Waals surface area contributed by atoms with E-state index in [0.29, 0.717) is 22.1 Å². The number of amides is 1. The van der Waals surface area contributed by atoms with E-state index in [0.717, 1.165) is 31.5 Å². The van der Waals surface area contributed by atoms with Gasteiger partial charge in [-0.3, -0.25) is 9.69 Å². The van der Waals surface area contributed by atoms with E-state index in [1.807, 2.05) is 13.0 Å². The summed E-state index contributed by atoms with van der Waals surface area (Å²) in [6, 6.07) is 5.65. The third kappa shape index (κ3) is 4.66. The maximum absolute atomic E-state index is 12.3. The lowest BCUT2D eigenvalue weighted by Crippen LogP contribution is -2.46. The van der Waals surface area contributed by atoms with Crippen LogP contribution < -0.4 is 11.1 Å². The first-order chi connectivity index (χ1) is 9.95. The minimum atomic E-state index is -0.104. The van der Waals surface area contributed by atoms with Gasteiger partial charge in [0.05, 0.1) is 15.6 Å². The molecule has 0 saturated carbocycles. The van der Waals surface area contributed by atoms with Crippen molar-refractivity contribution in [3.05, 3.63) is 34.3 Å². The number of benzene rings is 1. The molecule has 0 spiro atoms. The van der Waals surface area contributed by atoms with E-state index in [2.05, 4.69) is 10.2 Å². The summed E-state index contributed by atoms with van der Waals surface area (Å²) in [4.78, 5) is 15.0. The first kappa shape index (κ1) is 16.2. The summed E-state index contributed by atoms with van der Waals surface area (Å²) < 4.78 is 0. The number of aryl methyl sites for hydroxylation is 1. The van der Waals surface area contributed by atoms with E-state index in [-0.39, 0.29) is 11.9 Å². The SMILES string of the molecule is Cc1ccc(C(=O)NC2CCN(CC(N)=S)CC2)c(Cl)c1. The summed E-state index contributed by atoms with van der Waals surface area (Å²) in [6.07, 6.45) is 1.80. The first-order valence-corrected chi connectivity index (χ1v) is 7.82. The molecule has 1 fully saturated rings. The van der Waals surface area contributed by atoms with Gasteiger partial charge in [0.25, 0.3) is 5.91 Å². The van der Waals surface area contributed by atoms with Gasteiger partial charge >= 0.3 is 0 Å². The highest BCUT2D eigenvalue weighted by Gasteiger charge is 2.22. The Morgan fingerprint density at radius 1 is 1.48 bits per heavy atom. The predicted molar refractivity (Wildman–Crippen MR) is 89.9 cm³/mol. The summed E-state index contributed by atoms with van der Waals surface area (Å²) in [6.45, 7) is 4.39. The number of likely N-dealkylation sites (tertiary alicyclic amines) is 1.